The highest BCUT2D eigenvalue weighted by Crippen LogP contribution is 2.58. The third kappa shape index (κ3) is 4.00. The van der Waals surface area contributed by atoms with Crippen molar-refractivity contribution >= 4 is 39.0 Å². The number of aliphatic carboxylic acids is 1. The minimum atomic E-state index is -1.03. The maximum atomic E-state index is 12.3. The Labute approximate surface area is 228 Å². The van der Waals surface area contributed by atoms with Gasteiger partial charge in [-0.2, -0.15) is 0 Å². The number of rotatable bonds is 6. The molecule has 7 rings (SSSR count). The molecule has 7 nitrogen and oxygen atoms in total. The number of hydrogen-bond acceptors (Lipinski definition) is 7. The van der Waals surface area contributed by atoms with Crippen LogP contribution in [-0.2, 0) is 14.3 Å². The minimum absolute atomic E-state index is 0.0662. The number of benzene rings is 2. The van der Waals surface area contributed by atoms with Crippen molar-refractivity contribution in [2.24, 2.45) is 0 Å². The predicted octanol–water partition coefficient (Wildman–Crippen LogP) is 6.73. The summed E-state index contributed by atoms with van der Waals surface area (Å²) in [7, 11) is 1.61. The van der Waals surface area contributed by atoms with Gasteiger partial charge in [0.25, 0.3) is 0 Å². The Morgan fingerprint density at radius 2 is 1.90 bits per heavy atom. The number of hydrogen-bond donors (Lipinski definition) is 1. The zero-order valence-electron chi connectivity index (χ0n) is 20.9. The SMILES string of the molecule is COc1ccc(Oc2c(/C=C(/C(=O)O)c3ccncc3)sc3cc4c(cc23)C2OCC3=C(OCC=C3)C42)cc1. The number of nitrogens with zero attached hydrogens (tertiary/aromatic N) is 1. The Hall–Kier alpha value is -4.40. The lowest BCUT2D eigenvalue weighted by molar-refractivity contribution is -0.130. The lowest BCUT2D eigenvalue weighted by atomic mass is 9.71. The highest BCUT2D eigenvalue weighted by atomic mass is 32.1. The first-order valence-corrected chi connectivity index (χ1v) is 13.3. The van der Waals surface area contributed by atoms with Gasteiger partial charge in [-0.1, -0.05) is 6.08 Å². The van der Waals surface area contributed by atoms with Crippen LogP contribution in [0.25, 0.3) is 21.7 Å². The van der Waals surface area contributed by atoms with Gasteiger partial charge in [0.05, 0.1) is 36.2 Å². The van der Waals surface area contributed by atoms with Gasteiger partial charge < -0.3 is 24.1 Å². The van der Waals surface area contributed by atoms with Crippen molar-refractivity contribution in [2.75, 3.05) is 20.3 Å². The van der Waals surface area contributed by atoms with Gasteiger partial charge in [0.2, 0.25) is 0 Å². The molecule has 4 heterocycles. The molecule has 0 bridgehead atoms. The average Bonchev–Trinajstić information content (AvgIpc) is 3.29. The molecule has 0 saturated carbocycles. The van der Waals surface area contributed by atoms with E-state index >= 15 is 0 Å². The molecular formula is C31H23NO6S. The number of carbonyl (C=O) groups is 1. The summed E-state index contributed by atoms with van der Waals surface area (Å²) in [6, 6.07) is 15.0. The fourth-order valence-corrected chi connectivity index (χ4v) is 6.49. The van der Waals surface area contributed by atoms with Crippen molar-refractivity contribution in [3.05, 3.63) is 106 Å². The summed E-state index contributed by atoms with van der Waals surface area (Å²) in [5.74, 6) is 1.98. The molecule has 1 N–H and O–H groups in total. The molecule has 2 atom stereocenters. The van der Waals surface area contributed by atoms with Gasteiger partial charge in [-0.05, 0) is 77.4 Å². The highest BCUT2D eigenvalue weighted by molar-refractivity contribution is 7.20. The monoisotopic (exact) mass is 537 g/mol. The molecule has 2 aromatic heterocycles. The number of methoxy groups -OCH3 is 1. The number of fused-ring (bicyclic) bond motifs is 6. The molecule has 194 valence electrons. The molecule has 4 aromatic rings. The largest absolute Gasteiger partial charge is 0.497 e. The maximum absolute atomic E-state index is 12.3. The van der Waals surface area contributed by atoms with E-state index in [0.29, 0.717) is 35.2 Å². The third-order valence-corrected chi connectivity index (χ3v) is 8.35. The standard InChI is InChI=1S/C31H23NO6S/c1-35-19-4-6-20(7-5-19)38-29-24-13-23-22(27-28-18(3-2-12-36-28)16-37-30(23)27)15-25(24)39-26(29)14-21(31(33)34)17-8-10-32-11-9-17/h2-11,13-15,27,30H,12,16H2,1H3,(H,33,34)/b21-14+. The van der Waals surface area contributed by atoms with E-state index in [1.165, 1.54) is 16.9 Å². The Bertz CT molecular complexity index is 1700. The molecule has 2 unspecified atom stereocenters. The summed E-state index contributed by atoms with van der Waals surface area (Å²) in [5, 5.41) is 11.0. The Balaban J connectivity index is 1.38. The second kappa shape index (κ2) is 9.41. The molecule has 39 heavy (non-hydrogen) atoms. The highest BCUT2D eigenvalue weighted by Gasteiger charge is 2.46. The lowest BCUT2D eigenvalue weighted by Crippen LogP contribution is -2.34. The van der Waals surface area contributed by atoms with Crippen LogP contribution in [0, 0.1) is 0 Å². The smallest absolute Gasteiger partial charge is 0.336 e. The molecule has 0 fully saturated rings. The molecule has 3 aliphatic rings. The molecule has 8 heteroatoms. The number of carboxylic acid groups (broad SMARTS) is 1. The normalized spacial score (nSPS) is 19.5. The van der Waals surface area contributed by atoms with Crippen molar-refractivity contribution in [3.63, 3.8) is 0 Å². The maximum Gasteiger partial charge on any atom is 0.336 e. The summed E-state index contributed by atoms with van der Waals surface area (Å²) in [6.07, 6.45) is 8.87. The van der Waals surface area contributed by atoms with Gasteiger partial charge >= 0.3 is 5.97 Å². The van der Waals surface area contributed by atoms with Crippen molar-refractivity contribution in [3.8, 4) is 17.2 Å². The van der Waals surface area contributed by atoms with Crippen LogP contribution in [0.1, 0.15) is 33.6 Å². The van der Waals surface area contributed by atoms with Gasteiger partial charge in [-0.25, -0.2) is 4.79 Å². The van der Waals surface area contributed by atoms with Crippen LogP contribution < -0.4 is 9.47 Å². The van der Waals surface area contributed by atoms with E-state index in [9.17, 15) is 9.90 Å². The summed E-state index contributed by atoms with van der Waals surface area (Å²) in [6.45, 7) is 1.09. The van der Waals surface area contributed by atoms with Crippen LogP contribution >= 0.6 is 11.3 Å². The first-order chi connectivity index (χ1) is 19.1. The Kier molecular flexibility index (Phi) is 5.72. The zero-order valence-corrected chi connectivity index (χ0v) is 21.7. The first-order valence-electron chi connectivity index (χ1n) is 12.5. The summed E-state index contributed by atoms with van der Waals surface area (Å²) >= 11 is 1.50. The van der Waals surface area contributed by atoms with Crippen LogP contribution in [0.5, 0.6) is 17.2 Å². The number of thiophene rings is 1. The second-order valence-corrected chi connectivity index (χ2v) is 10.5. The van der Waals surface area contributed by atoms with Crippen LogP contribution in [-0.4, -0.2) is 36.4 Å². The fourth-order valence-electron chi connectivity index (χ4n) is 5.38. The van der Waals surface area contributed by atoms with Crippen molar-refractivity contribution in [1.82, 2.24) is 4.98 Å². The first kappa shape index (κ1) is 23.7. The van der Waals surface area contributed by atoms with Crippen LogP contribution in [0.3, 0.4) is 0 Å². The number of aromatic nitrogens is 1. The summed E-state index contributed by atoms with van der Waals surface area (Å²) in [5.41, 5.74) is 4.11. The summed E-state index contributed by atoms with van der Waals surface area (Å²) < 4.78 is 25.0. The van der Waals surface area contributed by atoms with Crippen LogP contribution in [0.4, 0.5) is 0 Å². The van der Waals surface area contributed by atoms with E-state index in [0.717, 1.165) is 32.7 Å². The molecule has 0 spiro atoms. The van der Waals surface area contributed by atoms with Gasteiger partial charge in [-0.3, -0.25) is 4.98 Å². The van der Waals surface area contributed by atoms with E-state index in [2.05, 4.69) is 23.2 Å². The van der Waals surface area contributed by atoms with Gasteiger partial charge in [0.15, 0.2) is 5.75 Å². The van der Waals surface area contributed by atoms with E-state index in [1.54, 1.807) is 37.7 Å². The number of pyridine rings is 1. The Morgan fingerprint density at radius 3 is 2.67 bits per heavy atom. The third-order valence-electron chi connectivity index (χ3n) is 7.27. The second-order valence-electron chi connectivity index (χ2n) is 9.46. The van der Waals surface area contributed by atoms with E-state index in [-0.39, 0.29) is 17.6 Å². The van der Waals surface area contributed by atoms with Crippen LogP contribution in [0.2, 0.25) is 0 Å². The quantitative estimate of drug-likeness (QED) is 0.273. The van der Waals surface area contributed by atoms with Crippen molar-refractivity contribution in [2.45, 2.75) is 12.0 Å². The van der Waals surface area contributed by atoms with E-state index < -0.39 is 5.97 Å². The molecule has 2 aliphatic heterocycles. The fraction of sp³-hybridized carbons (Fsp3) is 0.161. The lowest BCUT2D eigenvalue weighted by Gasteiger charge is -2.44. The minimum Gasteiger partial charge on any atom is -0.497 e. The van der Waals surface area contributed by atoms with Gasteiger partial charge in [0, 0.05) is 28.1 Å². The molecule has 0 saturated heterocycles. The molecule has 2 aromatic carbocycles. The van der Waals surface area contributed by atoms with E-state index in [1.807, 2.05) is 30.3 Å². The summed E-state index contributed by atoms with van der Waals surface area (Å²) in [4.78, 5) is 17.0. The van der Waals surface area contributed by atoms with Gasteiger partial charge in [-0.15, -0.1) is 11.3 Å². The molecule has 0 amide bonds. The van der Waals surface area contributed by atoms with Crippen molar-refractivity contribution < 1.29 is 28.8 Å². The van der Waals surface area contributed by atoms with Crippen molar-refractivity contribution in [1.29, 1.82) is 0 Å². The molecule has 0 radical (unpaired) electrons. The average molecular weight is 538 g/mol. The molecular weight excluding hydrogens is 514 g/mol. The van der Waals surface area contributed by atoms with E-state index in [4.69, 9.17) is 18.9 Å². The zero-order chi connectivity index (χ0) is 26.5. The molecule has 1 aliphatic carbocycles. The Morgan fingerprint density at radius 1 is 1.10 bits per heavy atom. The predicted molar refractivity (Wildman–Crippen MR) is 148 cm³/mol. The van der Waals surface area contributed by atoms with Crippen LogP contribution in [0.15, 0.2) is 84.4 Å². The topological polar surface area (TPSA) is 87.1 Å². The number of ether oxygens (including phenoxy) is 4. The number of carboxylic acids is 1. The van der Waals surface area contributed by atoms with Gasteiger partial charge in [0.1, 0.15) is 23.9 Å².